The molecule has 0 radical (unpaired) electrons. The maximum Gasteiger partial charge on any atom is 0.407 e. The highest BCUT2D eigenvalue weighted by Crippen LogP contribution is 2.16. The fourth-order valence-electron chi connectivity index (χ4n) is 2.58. The van der Waals surface area contributed by atoms with Crippen molar-refractivity contribution in [2.24, 2.45) is 5.92 Å². The van der Waals surface area contributed by atoms with Crippen LogP contribution in [0.15, 0.2) is 48.5 Å². The monoisotopic (exact) mass is 355 g/mol. The summed E-state index contributed by atoms with van der Waals surface area (Å²) in [4.78, 5) is 11.7. The van der Waals surface area contributed by atoms with E-state index in [-0.39, 0.29) is 12.1 Å². The number of aryl methyl sites for hydroxylation is 1. The molecule has 4 heteroatoms. The number of carbonyl (C=O) groups excluding carboxylic acids is 1. The number of ether oxygens (including phenoxy) is 2. The molecule has 140 valence electrons. The summed E-state index contributed by atoms with van der Waals surface area (Å²) in [6.45, 7) is 9.07. The minimum atomic E-state index is -0.357. The highest BCUT2D eigenvalue weighted by molar-refractivity contribution is 5.67. The van der Waals surface area contributed by atoms with Crippen LogP contribution in [0.3, 0.4) is 0 Å². The summed E-state index contributed by atoms with van der Waals surface area (Å²) in [5.74, 6) is 1.18. The number of nitrogens with one attached hydrogen (secondary N) is 1. The van der Waals surface area contributed by atoms with Gasteiger partial charge in [-0.3, -0.25) is 0 Å². The van der Waals surface area contributed by atoms with Crippen LogP contribution < -0.4 is 10.1 Å². The van der Waals surface area contributed by atoms with Gasteiger partial charge in [0.25, 0.3) is 0 Å². The first-order chi connectivity index (χ1) is 12.4. The summed E-state index contributed by atoms with van der Waals surface area (Å²) in [6.07, 6.45) is 0.388. The molecule has 0 saturated heterocycles. The molecule has 0 aliphatic heterocycles. The minimum Gasteiger partial charge on any atom is -0.489 e. The molecule has 2 aromatic rings. The lowest BCUT2D eigenvalue weighted by atomic mass is 10.1. The lowest BCUT2D eigenvalue weighted by Gasteiger charge is -2.15. The van der Waals surface area contributed by atoms with Gasteiger partial charge in [-0.2, -0.15) is 0 Å². The van der Waals surface area contributed by atoms with Crippen molar-refractivity contribution >= 4 is 6.09 Å². The summed E-state index contributed by atoms with van der Waals surface area (Å²) in [5, 5.41) is 2.86. The molecule has 0 spiro atoms. The molecule has 1 unspecified atom stereocenters. The number of hydrogen-bond acceptors (Lipinski definition) is 3. The molecule has 1 N–H and O–H groups in total. The predicted molar refractivity (Wildman–Crippen MR) is 104 cm³/mol. The van der Waals surface area contributed by atoms with E-state index >= 15 is 0 Å². The summed E-state index contributed by atoms with van der Waals surface area (Å²) in [6, 6.07) is 16.3. The molecule has 0 fully saturated rings. The average molecular weight is 355 g/mol. The number of rotatable bonds is 8. The fourth-order valence-corrected chi connectivity index (χ4v) is 2.58. The van der Waals surface area contributed by atoms with Crippen molar-refractivity contribution < 1.29 is 14.3 Å². The highest BCUT2D eigenvalue weighted by atomic mass is 16.5. The minimum absolute atomic E-state index is 0.00808. The molecule has 0 aliphatic rings. The Hall–Kier alpha value is -2.49. The number of benzene rings is 2. The van der Waals surface area contributed by atoms with Crippen LogP contribution >= 0.6 is 0 Å². The van der Waals surface area contributed by atoms with Gasteiger partial charge < -0.3 is 14.8 Å². The Balaban J connectivity index is 1.78. The van der Waals surface area contributed by atoms with Crippen LogP contribution in [0.4, 0.5) is 4.79 Å². The third-order valence-corrected chi connectivity index (χ3v) is 3.87. The van der Waals surface area contributed by atoms with E-state index in [1.165, 1.54) is 5.56 Å². The van der Waals surface area contributed by atoms with Crippen LogP contribution in [-0.4, -0.2) is 18.7 Å². The van der Waals surface area contributed by atoms with E-state index in [4.69, 9.17) is 9.47 Å². The Morgan fingerprint density at radius 2 is 1.77 bits per heavy atom. The molecule has 2 aromatic carbocycles. The number of carbonyl (C=O) groups is 1. The second-order valence-corrected chi connectivity index (χ2v) is 7.16. The molecule has 0 aliphatic carbocycles. The van der Waals surface area contributed by atoms with E-state index in [9.17, 15) is 4.79 Å². The Morgan fingerprint density at radius 1 is 1.04 bits per heavy atom. The van der Waals surface area contributed by atoms with E-state index in [2.05, 4.69) is 30.4 Å². The van der Waals surface area contributed by atoms with Gasteiger partial charge in [0.1, 0.15) is 12.4 Å². The molecule has 0 saturated carbocycles. The zero-order valence-corrected chi connectivity index (χ0v) is 16.1. The van der Waals surface area contributed by atoms with E-state index in [1.807, 2.05) is 51.1 Å². The van der Waals surface area contributed by atoms with Gasteiger partial charge in [-0.1, -0.05) is 55.8 Å². The third kappa shape index (κ3) is 7.18. The van der Waals surface area contributed by atoms with Crippen molar-refractivity contribution in [3.8, 4) is 5.75 Å². The van der Waals surface area contributed by atoms with Crippen LogP contribution in [0, 0.1) is 12.8 Å². The smallest absolute Gasteiger partial charge is 0.407 e. The van der Waals surface area contributed by atoms with Gasteiger partial charge in [0.15, 0.2) is 0 Å². The lowest BCUT2D eigenvalue weighted by molar-refractivity contribution is 0.130. The normalized spacial score (nSPS) is 11.9. The maximum absolute atomic E-state index is 11.7. The molecular formula is C22H29NO3. The number of alkyl carbamates (subject to hydrolysis) is 1. The quantitative estimate of drug-likeness (QED) is 0.733. The van der Waals surface area contributed by atoms with E-state index in [1.54, 1.807) is 0 Å². The van der Waals surface area contributed by atoms with Crippen molar-refractivity contribution in [3.63, 3.8) is 0 Å². The predicted octanol–water partition coefficient (Wildman–Crippen LogP) is 4.89. The Labute approximate surface area is 156 Å². The van der Waals surface area contributed by atoms with Crippen molar-refractivity contribution in [2.45, 2.75) is 46.8 Å². The third-order valence-electron chi connectivity index (χ3n) is 3.87. The van der Waals surface area contributed by atoms with Gasteiger partial charge >= 0.3 is 6.09 Å². The Morgan fingerprint density at radius 3 is 2.42 bits per heavy atom. The summed E-state index contributed by atoms with van der Waals surface area (Å²) in [7, 11) is 0. The topological polar surface area (TPSA) is 47.6 Å². The summed E-state index contributed by atoms with van der Waals surface area (Å²) >= 11 is 0. The van der Waals surface area contributed by atoms with Crippen molar-refractivity contribution in [1.29, 1.82) is 0 Å². The molecule has 0 aromatic heterocycles. The van der Waals surface area contributed by atoms with Gasteiger partial charge in [-0.05, 0) is 49.4 Å². The standard InChI is InChI=1S/C22H29NO3/c1-16(2)14-26-22(24)23-18(4)13-19-8-10-21(11-9-19)25-15-20-7-5-6-17(3)12-20/h5-12,16,18H,13-15H2,1-4H3,(H,23,24). The lowest BCUT2D eigenvalue weighted by Crippen LogP contribution is -2.35. The van der Waals surface area contributed by atoms with Crippen LogP contribution in [-0.2, 0) is 17.8 Å². The van der Waals surface area contributed by atoms with Crippen LogP contribution in [0.5, 0.6) is 5.75 Å². The molecular weight excluding hydrogens is 326 g/mol. The zero-order chi connectivity index (χ0) is 18.9. The zero-order valence-electron chi connectivity index (χ0n) is 16.1. The maximum atomic E-state index is 11.7. The van der Waals surface area contributed by atoms with Crippen LogP contribution in [0.1, 0.15) is 37.5 Å². The van der Waals surface area contributed by atoms with Crippen molar-refractivity contribution in [1.82, 2.24) is 5.32 Å². The largest absolute Gasteiger partial charge is 0.489 e. The van der Waals surface area contributed by atoms with Gasteiger partial charge in [-0.15, -0.1) is 0 Å². The molecule has 2 rings (SSSR count). The first kappa shape index (κ1) is 19.8. The van der Waals surface area contributed by atoms with Gasteiger partial charge in [0.2, 0.25) is 0 Å². The summed E-state index contributed by atoms with van der Waals surface area (Å²) in [5.41, 5.74) is 3.53. The molecule has 4 nitrogen and oxygen atoms in total. The molecule has 0 heterocycles. The summed E-state index contributed by atoms with van der Waals surface area (Å²) < 4.78 is 11.0. The van der Waals surface area contributed by atoms with Gasteiger partial charge in [0.05, 0.1) is 6.61 Å². The average Bonchev–Trinajstić information content (AvgIpc) is 2.59. The number of amides is 1. The van der Waals surface area contributed by atoms with E-state index < -0.39 is 0 Å². The van der Waals surface area contributed by atoms with Gasteiger partial charge in [-0.25, -0.2) is 4.79 Å². The molecule has 1 amide bonds. The van der Waals surface area contributed by atoms with Crippen molar-refractivity contribution in [3.05, 3.63) is 65.2 Å². The number of hydrogen-bond donors (Lipinski definition) is 1. The van der Waals surface area contributed by atoms with Gasteiger partial charge in [0, 0.05) is 6.04 Å². The first-order valence-corrected chi connectivity index (χ1v) is 9.13. The molecule has 26 heavy (non-hydrogen) atoms. The van der Waals surface area contributed by atoms with Crippen LogP contribution in [0.25, 0.3) is 0 Å². The fraction of sp³-hybridized carbons (Fsp3) is 0.409. The highest BCUT2D eigenvalue weighted by Gasteiger charge is 2.10. The second-order valence-electron chi connectivity index (χ2n) is 7.16. The molecule has 1 atom stereocenters. The van der Waals surface area contributed by atoms with E-state index in [0.717, 1.165) is 23.3 Å². The molecule has 0 bridgehead atoms. The SMILES string of the molecule is Cc1cccc(COc2ccc(CC(C)NC(=O)OCC(C)C)cc2)c1. The second kappa shape index (κ2) is 9.85. The Kier molecular flexibility index (Phi) is 7.52. The Bertz CT molecular complexity index is 695. The van der Waals surface area contributed by atoms with E-state index in [0.29, 0.717) is 19.1 Å². The van der Waals surface area contributed by atoms with Crippen LogP contribution in [0.2, 0.25) is 0 Å². The van der Waals surface area contributed by atoms with Crippen molar-refractivity contribution in [2.75, 3.05) is 6.61 Å². The first-order valence-electron chi connectivity index (χ1n) is 9.13.